The first-order valence-corrected chi connectivity index (χ1v) is 6.62. The predicted molar refractivity (Wildman–Crippen MR) is 80.5 cm³/mol. The molecule has 1 aromatic carbocycles. The molecule has 21 heavy (non-hydrogen) atoms. The number of nitrogen functional groups attached to an aromatic ring is 1. The van der Waals surface area contributed by atoms with E-state index < -0.39 is 5.56 Å². The summed E-state index contributed by atoms with van der Waals surface area (Å²) in [6, 6.07) is 3.77. The third-order valence-electron chi connectivity index (χ3n) is 3.20. The van der Waals surface area contributed by atoms with Crippen LogP contribution < -0.4 is 20.9 Å². The fraction of sp³-hybridized carbons (Fsp3) is 0.333. The highest BCUT2D eigenvalue weighted by Gasteiger charge is 2.15. The topological polar surface area (TPSA) is 79.4 Å². The van der Waals surface area contributed by atoms with Gasteiger partial charge in [-0.2, -0.15) is 0 Å². The number of nitrogens with two attached hydrogens (primary N) is 1. The molecule has 6 nitrogen and oxygen atoms in total. The van der Waals surface area contributed by atoms with Crippen LogP contribution in [-0.4, -0.2) is 16.8 Å². The molecule has 1 aromatic heterocycles. The first-order valence-electron chi connectivity index (χ1n) is 6.62. The van der Waals surface area contributed by atoms with Gasteiger partial charge in [-0.3, -0.25) is 4.79 Å². The van der Waals surface area contributed by atoms with Gasteiger partial charge in [-0.1, -0.05) is 13.8 Å². The average molecular weight is 289 g/mol. The molecule has 0 aliphatic rings. The number of hydrogen-bond donors (Lipinski definition) is 1. The third kappa shape index (κ3) is 2.99. The summed E-state index contributed by atoms with van der Waals surface area (Å²) in [5, 5.41) is 0. The zero-order valence-electron chi connectivity index (χ0n) is 12.6. The smallest absolute Gasteiger partial charge is 0.314 e. The standard InChI is InChI=1S/C15H19N3O3/c1-9(2)11-6-12(20-4)10(3)5-13(11)21-14-7-17-8-18(16)15(14)19/h5-9H,16H2,1-4H3. The lowest BCUT2D eigenvalue weighted by Crippen LogP contribution is -2.27. The van der Waals surface area contributed by atoms with Gasteiger partial charge < -0.3 is 15.3 Å². The molecular weight excluding hydrogens is 270 g/mol. The van der Waals surface area contributed by atoms with E-state index in [0.717, 1.165) is 21.6 Å². The van der Waals surface area contributed by atoms with Crippen molar-refractivity contribution in [3.63, 3.8) is 0 Å². The lowest BCUT2D eigenvalue weighted by atomic mass is 10.00. The van der Waals surface area contributed by atoms with Gasteiger partial charge in [0.1, 0.15) is 17.8 Å². The summed E-state index contributed by atoms with van der Waals surface area (Å²) in [7, 11) is 1.63. The maximum absolute atomic E-state index is 11.9. The summed E-state index contributed by atoms with van der Waals surface area (Å²) < 4.78 is 12.0. The Morgan fingerprint density at radius 1 is 1.24 bits per heavy atom. The molecule has 0 saturated heterocycles. The van der Waals surface area contributed by atoms with Crippen LogP contribution in [-0.2, 0) is 0 Å². The molecule has 1 heterocycles. The summed E-state index contributed by atoms with van der Waals surface area (Å²) in [6.45, 7) is 6.00. The van der Waals surface area contributed by atoms with E-state index in [1.165, 1.54) is 12.5 Å². The minimum atomic E-state index is -0.437. The van der Waals surface area contributed by atoms with E-state index in [-0.39, 0.29) is 11.7 Å². The third-order valence-corrected chi connectivity index (χ3v) is 3.20. The molecule has 6 heteroatoms. The van der Waals surface area contributed by atoms with E-state index in [9.17, 15) is 4.79 Å². The molecular formula is C15H19N3O3. The number of benzene rings is 1. The highest BCUT2D eigenvalue weighted by atomic mass is 16.5. The molecule has 0 amide bonds. The predicted octanol–water partition coefficient (Wildman–Crippen LogP) is 2.19. The molecule has 0 aliphatic heterocycles. The Morgan fingerprint density at radius 3 is 2.57 bits per heavy atom. The summed E-state index contributed by atoms with van der Waals surface area (Å²) >= 11 is 0. The van der Waals surface area contributed by atoms with Crippen LogP contribution in [0.2, 0.25) is 0 Å². The summed E-state index contributed by atoms with van der Waals surface area (Å²) in [5.74, 6) is 7.18. The highest BCUT2D eigenvalue weighted by molar-refractivity contribution is 5.48. The van der Waals surface area contributed by atoms with Crippen molar-refractivity contribution in [3.05, 3.63) is 46.1 Å². The Kier molecular flexibility index (Phi) is 4.16. The fourth-order valence-corrected chi connectivity index (χ4v) is 2.03. The van der Waals surface area contributed by atoms with Crippen LogP contribution in [0.25, 0.3) is 0 Å². The van der Waals surface area contributed by atoms with Crippen molar-refractivity contribution in [3.8, 4) is 17.2 Å². The molecule has 0 unspecified atom stereocenters. The molecule has 2 aromatic rings. The van der Waals surface area contributed by atoms with Gasteiger partial charge in [0, 0.05) is 5.56 Å². The molecule has 0 fully saturated rings. The van der Waals surface area contributed by atoms with Crippen LogP contribution >= 0.6 is 0 Å². The molecule has 0 aliphatic carbocycles. The second-order valence-corrected chi connectivity index (χ2v) is 5.09. The number of rotatable bonds is 4. The van der Waals surface area contributed by atoms with Crippen molar-refractivity contribution in [1.29, 1.82) is 0 Å². The van der Waals surface area contributed by atoms with Crippen LogP contribution in [0.15, 0.2) is 29.5 Å². The minimum absolute atomic E-state index is 0.0893. The first-order chi connectivity index (χ1) is 9.93. The zero-order chi connectivity index (χ0) is 15.6. The Labute approximate surface area is 123 Å². The maximum Gasteiger partial charge on any atom is 0.314 e. The van der Waals surface area contributed by atoms with E-state index in [4.69, 9.17) is 15.3 Å². The van der Waals surface area contributed by atoms with Gasteiger partial charge in [0.15, 0.2) is 0 Å². The molecule has 0 spiro atoms. The summed E-state index contributed by atoms with van der Waals surface area (Å²) in [4.78, 5) is 15.8. The highest BCUT2D eigenvalue weighted by Crippen LogP contribution is 2.35. The van der Waals surface area contributed by atoms with Crippen molar-refractivity contribution < 1.29 is 9.47 Å². The molecule has 2 N–H and O–H groups in total. The number of methoxy groups -OCH3 is 1. The number of ether oxygens (including phenoxy) is 2. The minimum Gasteiger partial charge on any atom is -0.496 e. The van der Waals surface area contributed by atoms with Crippen LogP contribution in [0.5, 0.6) is 17.2 Å². The van der Waals surface area contributed by atoms with Crippen molar-refractivity contribution >= 4 is 0 Å². The van der Waals surface area contributed by atoms with E-state index >= 15 is 0 Å². The van der Waals surface area contributed by atoms with Gasteiger partial charge in [-0.15, -0.1) is 0 Å². The Hall–Kier alpha value is -2.50. The van der Waals surface area contributed by atoms with Gasteiger partial charge in [0.2, 0.25) is 5.75 Å². The van der Waals surface area contributed by atoms with Gasteiger partial charge in [0.05, 0.1) is 13.3 Å². The van der Waals surface area contributed by atoms with Gasteiger partial charge in [-0.25, -0.2) is 9.66 Å². The van der Waals surface area contributed by atoms with Crippen molar-refractivity contribution in [2.75, 3.05) is 13.0 Å². The second kappa shape index (κ2) is 5.87. The van der Waals surface area contributed by atoms with E-state index in [0.29, 0.717) is 5.75 Å². The second-order valence-electron chi connectivity index (χ2n) is 5.09. The summed E-state index contributed by atoms with van der Waals surface area (Å²) in [6.07, 6.45) is 2.59. The average Bonchev–Trinajstić information content (AvgIpc) is 2.43. The quantitative estimate of drug-likeness (QED) is 0.873. The lowest BCUT2D eigenvalue weighted by Gasteiger charge is -2.16. The summed E-state index contributed by atoms with van der Waals surface area (Å²) in [5.41, 5.74) is 1.44. The molecule has 0 radical (unpaired) electrons. The number of aryl methyl sites for hydroxylation is 1. The lowest BCUT2D eigenvalue weighted by molar-refractivity contribution is 0.407. The van der Waals surface area contributed by atoms with Crippen molar-refractivity contribution in [2.24, 2.45) is 0 Å². The Bertz CT molecular complexity index is 708. The van der Waals surface area contributed by atoms with Crippen LogP contribution in [0.1, 0.15) is 30.9 Å². The van der Waals surface area contributed by atoms with E-state index in [1.54, 1.807) is 7.11 Å². The van der Waals surface area contributed by atoms with Crippen LogP contribution in [0, 0.1) is 6.92 Å². The molecule has 112 valence electrons. The SMILES string of the molecule is COc1cc(C(C)C)c(Oc2cncn(N)c2=O)cc1C. The van der Waals surface area contributed by atoms with Gasteiger partial charge in [-0.05, 0) is 30.5 Å². The number of aromatic nitrogens is 2. The first kappa shape index (κ1) is 14.9. The van der Waals surface area contributed by atoms with Gasteiger partial charge >= 0.3 is 5.56 Å². The Balaban J connectivity index is 2.50. The molecule has 0 saturated carbocycles. The van der Waals surface area contributed by atoms with E-state index in [1.807, 2.05) is 32.9 Å². The fourth-order valence-electron chi connectivity index (χ4n) is 2.03. The molecule has 0 bridgehead atoms. The van der Waals surface area contributed by atoms with Crippen molar-refractivity contribution in [1.82, 2.24) is 9.66 Å². The van der Waals surface area contributed by atoms with Crippen LogP contribution in [0.3, 0.4) is 0 Å². The monoisotopic (exact) mass is 289 g/mol. The number of nitrogens with zero attached hydrogens (tertiary/aromatic N) is 2. The van der Waals surface area contributed by atoms with Gasteiger partial charge in [0.25, 0.3) is 0 Å². The van der Waals surface area contributed by atoms with Crippen molar-refractivity contribution in [2.45, 2.75) is 26.7 Å². The molecule has 2 rings (SSSR count). The largest absolute Gasteiger partial charge is 0.496 e. The van der Waals surface area contributed by atoms with E-state index in [2.05, 4.69) is 4.98 Å². The Morgan fingerprint density at radius 2 is 1.95 bits per heavy atom. The number of hydrogen-bond acceptors (Lipinski definition) is 5. The zero-order valence-corrected chi connectivity index (χ0v) is 12.6. The van der Waals surface area contributed by atoms with Crippen LogP contribution in [0.4, 0.5) is 0 Å². The molecule has 0 atom stereocenters. The maximum atomic E-state index is 11.9. The normalized spacial score (nSPS) is 10.7.